The van der Waals surface area contributed by atoms with Gasteiger partial charge in [-0.25, -0.2) is 4.68 Å². The summed E-state index contributed by atoms with van der Waals surface area (Å²) in [4.78, 5) is 2.46. The summed E-state index contributed by atoms with van der Waals surface area (Å²) < 4.78 is 1.97. The number of piperidine rings is 1. The van der Waals surface area contributed by atoms with Crippen LogP contribution in [-0.2, 0) is 0 Å². The standard InChI is InChI=1S/C9H16N4/c1-2-12-7-4-3-5-9(12)13-8-6-10-11-13/h6,8-9H,2-5,7H2,1H3. The molecule has 0 spiro atoms. The molecule has 72 valence electrons. The predicted octanol–water partition coefficient (Wildman–Crippen LogP) is 1.28. The zero-order valence-corrected chi connectivity index (χ0v) is 8.06. The molecule has 1 unspecified atom stereocenters. The first-order valence-electron chi connectivity index (χ1n) is 5.01. The van der Waals surface area contributed by atoms with Crippen molar-refractivity contribution in [1.29, 1.82) is 0 Å². The van der Waals surface area contributed by atoms with Crippen LogP contribution in [0.4, 0.5) is 0 Å². The van der Waals surface area contributed by atoms with Crippen LogP contribution in [0.15, 0.2) is 12.4 Å². The van der Waals surface area contributed by atoms with Gasteiger partial charge in [-0.3, -0.25) is 4.90 Å². The van der Waals surface area contributed by atoms with Crippen molar-refractivity contribution in [2.75, 3.05) is 13.1 Å². The number of aromatic nitrogens is 3. The number of hydrogen-bond donors (Lipinski definition) is 0. The van der Waals surface area contributed by atoms with Crippen LogP contribution in [0.25, 0.3) is 0 Å². The minimum atomic E-state index is 0.446. The Morgan fingerprint density at radius 3 is 3.08 bits per heavy atom. The van der Waals surface area contributed by atoms with E-state index in [-0.39, 0.29) is 0 Å². The first kappa shape index (κ1) is 8.69. The molecular formula is C9H16N4. The van der Waals surface area contributed by atoms with Gasteiger partial charge < -0.3 is 0 Å². The average molecular weight is 180 g/mol. The molecule has 0 radical (unpaired) electrons. The number of rotatable bonds is 2. The normalized spacial score (nSPS) is 24.8. The monoisotopic (exact) mass is 180 g/mol. The molecule has 0 aliphatic carbocycles. The van der Waals surface area contributed by atoms with Crippen LogP contribution in [0.2, 0.25) is 0 Å². The molecule has 1 atom stereocenters. The van der Waals surface area contributed by atoms with Gasteiger partial charge in [-0.05, 0) is 25.8 Å². The van der Waals surface area contributed by atoms with Gasteiger partial charge in [0, 0.05) is 12.7 Å². The summed E-state index contributed by atoms with van der Waals surface area (Å²) in [6, 6.07) is 0. The van der Waals surface area contributed by atoms with Crippen LogP contribution in [0, 0.1) is 0 Å². The van der Waals surface area contributed by atoms with Crippen LogP contribution in [0.3, 0.4) is 0 Å². The summed E-state index contributed by atoms with van der Waals surface area (Å²) in [6.07, 6.45) is 7.99. The van der Waals surface area contributed by atoms with E-state index >= 15 is 0 Å². The summed E-state index contributed by atoms with van der Waals surface area (Å²) in [5, 5.41) is 7.92. The summed E-state index contributed by atoms with van der Waals surface area (Å²) >= 11 is 0. The van der Waals surface area contributed by atoms with Gasteiger partial charge in [0.15, 0.2) is 0 Å². The fraction of sp³-hybridized carbons (Fsp3) is 0.778. The topological polar surface area (TPSA) is 34.0 Å². The molecule has 1 saturated heterocycles. The smallest absolute Gasteiger partial charge is 0.106 e. The highest BCUT2D eigenvalue weighted by molar-refractivity contribution is 4.76. The van der Waals surface area contributed by atoms with Gasteiger partial charge in [0.2, 0.25) is 0 Å². The Hall–Kier alpha value is -0.900. The molecule has 2 heterocycles. The molecule has 1 aliphatic rings. The second-order valence-corrected chi connectivity index (χ2v) is 3.49. The van der Waals surface area contributed by atoms with Crippen LogP contribution >= 0.6 is 0 Å². The van der Waals surface area contributed by atoms with E-state index in [1.807, 2.05) is 10.9 Å². The Balaban J connectivity index is 2.11. The van der Waals surface area contributed by atoms with E-state index in [2.05, 4.69) is 22.1 Å². The average Bonchev–Trinajstić information content (AvgIpc) is 2.70. The highest BCUT2D eigenvalue weighted by atomic mass is 15.5. The summed E-state index contributed by atoms with van der Waals surface area (Å²) in [6.45, 7) is 4.50. The minimum absolute atomic E-state index is 0.446. The van der Waals surface area contributed by atoms with Crippen molar-refractivity contribution >= 4 is 0 Å². The molecule has 4 heteroatoms. The zero-order valence-electron chi connectivity index (χ0n) is 8.06. The first-order chi connectivity index (χ1) is 6.42. The lowest BCUT2D eigenvalue weighted by Gasteiger charge is -2.34. The molecule has 0 N–H and O–H groups in total. The largest absolute Gasteiger partial charge is 0.282 e. The highest BCUT2D eigenvalue weighted by Gasteiger charge is 2.22. The Morgan fingerprint density at radius 1 is 1.46 bits per heavy atom. The number of likely N-dealkylation sites (tertiary alicyclic amines) is 1. The quantitative estimate of drug-likeness (QED) is 0.687. The van der Waals surface area contributed by atoms with E-state index in [1.165, 1.54) is 25.8 Å². The second-order valence-electron chi connectivity index (χ2n) is 3.49. The fourth-order valence-electron chi connectivity index (χ4n) is 2.02. The number of nitrogens with zero attached hydrogens (tertiary/aromatic N) is 4. The van der Waals surface area contributed by atoms with E-state index in [0.717, 1.165) is 6.54 Å². The summed E-state index contributed by atoms with van der Waals surface area (Å²) in [7, 11) is 0. The van der Waals surface area contributed by atoms with Crippen molar-refractivity contribution in [3.05, 3.63) is 12.4 Å². The summed E-state index contributed by atoms with van der Waals surface area (Å²) in [5.41, 5.74) is 0. The molecular weight excluding hydrogens is 164 g/mol. The van der Waals surface area contributed by atoms with Gasteiger partial charge in [0.1, 0.15) is 6.17 Å². The van der Waals surface area contributed by atoms with Crippen LogP contribution < -0.4 is 0 Å². The van der Waals surface area contributed by atoms with E-state index in [4.69, 9.17) is 0 Å². The third-order valence-electron chi connectivity index (χ3n) is 2.73. The van der Waals surface area contributed by atoms with E-state index < -0.39 is 0 Å². The molecule has 0 saturated carbocycles. The van der Waals surface area contributed by atoms with Crippen molar-refractivity contribution in [3.63, 3.8) is 0 Å². The van der Waals surface area contributed by atoms with Crippen molar-refractivity contribution in [2.45, 2.75) is 32.4 Å². The minimum Gasteiger partial charge on any atom is -0.282 e. The first-order valence-corrected chi connectivity index (χ1v) is 5.01. The lowest BCUT2D eigenvalue weighted by atomic mass is 10.1. The molecule has 0 aromatic carbocycles. The highest BCUT2D eigenvalue weighted by Crippen LogP contribution is 2.24. The van der Waals surface area contributed by atoms with Crippen molar-refractivity contribution in [2.24, 2.45) is 0 Å². The van der Waals surface area contributed by atoms with E-state index in [9.17, 15) is 0 Å². The van der Waals surface area contributed by atoms with Gasteiger partial charge in [-0.15, -0.1) is 5.10 Å². The Kier molecular flexibility index (Phi) is 2.59. The van der Waals surface area contributed by atoms with Gasteiger partial charge in [-0.2, -0.15) is 0 Å². The maximum atomic E-state index is 4.06. The maximum absolute atomic E-state index is 4.06. The van der Waals surface area contributed by atoms with Crippen LogP contribution in [-0.4, -0.2) is 33.0 Å². The van der Waals surface area contributed by atoms with Gasteiger partial charge in [0.05, 0.1) is 6.20 Å². The SMILES string of the molecule is CCN1CCCCC1n1ccnn1. The molecule has 2 rings (SSSR count). The van der Waals surface area contributed by atoms with Gasteiger partial charge >= 0.3 is 0 Å². The molecule has 1 aliphatic heterocycles. The second kappa shape index (κ2) is 3.87. The molecule has 0 bridgehead atoms. The Bertz CT molecular complexity index is 244. The Morgan fingerprint density at radius 2 is 2.38 bits per heavy atom. The molecule has 0 amide bonds. The van der Waals surface area contributed by atoms with Crippen molar-refractivity contribution < 1.29 is 0 Å². The zero-order chi connectivity index (χ0) is 9.10. The van der Waals surface area contributed by atoms with E-state index in [1.54, 1.807) is 6.20 Å². The third kappa shape index (κ3) is 1.72. The van der Waals surface area contributed by atoms with Crippen molar-refractivity contribution in [1.82, 2.24) is 19.9 Å². The van der Waals surface area contributed by atoms with E-state index in [0.29, 0.717) is 6.17 Å². The lowest BCUT2D eigenvalue weighted by Crippen LogP contribution is -2.36. The molecule has 1 aromatic rings. The summed E-state index contributed by atoms with van der Waals surface area (Å²) in [5.74, 6) is 0. The molecule has 1 fully saturated rings. The number of hydrogen-bond acceptors (Lipinski definition) is 3. The maximum Gasteiger partial charge on any atom is 0.106 e. The predicted molar refractivity (Wildman–Crippen MR) is 50.2 cm³/mol. The van der Waals surface area contributed by atoms with Crippen LogP contribution in [0.1, 0.15) is 32.4 Å². The third-order valence-corrected chi connectivity index (χ3v) is 2.73. The van der Waals surface area contributed by atoms with Crippen LogP contribution in [0.5, 0.6) is 0 Å². The molecule has 13 heavy (non-hydrogen) atoms. The Labute approximate surface area is 78.5 Å². The fourth-order valence-corrected chi connectivity index (χ4v) is 2.02. The van der Waals surface area contributed by atoms with Gasteiger partial charge in [0.25, 0.3) is 0 Å². The molecule has 4 nitrogen and oxygen atoms in total. The van der Waals surface area contributed by atoms with Gasteiger partial charge in [-0.1, -0.05) is 12.1 Å². The molecule has 1 aromatic heterocycles. The van der Waals surface area contributed by atoms with Crippen molar-refractivity contribution in [3.8, 4) is 0 Å². The lowest BCUT2D eigenvalue weighted by molar-refractivity contribution is 0.0898.